The number of thiazole rings is 2. The Bertz CT molecular complexity index is 3200. The van der Waals surface area contributed by atoms with Crippen LogP contribution in [0.4, 0.5) is 10.3 Å². The Morgan fingerprint density at radius 3 is 1.33 bits per heavy atom. The molecule has 0 bridgehead atoms. The molecule has 2 aromatic heterocycles. The van der Waals surface area contributed by atoms with E-state index in [1.54, 1.807) is 48.5 Å². The standard InChI is InChI=1S/C26H26N2O8S2.C25H24N2O8S2/c1-33-25(30)17-2-6-18(7-3-17)35-22-14-27-26(37-22)28-24(29)23(36-19-12-13-34-15-19)16-4-8-20(9-5-16)38(31,32)21-10-11-21;28-23(27-25-26-13-21(36-25)34-17-5-1-16(2-6-17)24(29)30)22(35-18-11-12-33-14-18)15-3-7-19(8-4-15)37(31,32)20-9-10-20/h2-9,14,19,21,23H,10-13,15H2,1H3,(H,27,28,29);1-8,13,18,20,22H,9-12,14H2,(H,29,30)(H,26,27,28)/t19-,23?;18-,22?/m11/s1. The topological polar surface area (TPSA) is 271 Å². The van der Waals surface area contributed by atoms with Gasteiger partial charge in [-0.05, 0) is 122 Å². The molecule has 0 spiro atoms. The van der Waals surface area contributed by atoms with Crippen LogP contribution in [0.5, 0.6) is 21.6 Å². The number of ether oxygens (including phenoxy) is 7. The van der Waals surface area contributed by atoms with Crippen molar-refractivity contribution in [2.24, 2.45) is 0 Å². The zero-order chi connectivity index (χ0) is 52.7. The van der Waals surface area contributed by atoms with Crippen molar-refractivity contribution >= 4 is 76.4 Å². The molecule has 4 atom stereocenters. The van der Waals surface area contributed by atoms with E-state index in [0.29, 0.717) is 108 Å². The van der Waals surface area contributed by atoms with E-state index in [1.807, 2.05) is 0 Å². The van der Waals surface area contributed by atoms with E-state index in [2.05, 4.69) is 25.3 Å². The van der Waals surface area contributed by atoms with Gasteiger partial charge in [0.25, 0.3) is 11.8 Å². The minimum absolute atomic E-state index is 0.140. The Morgan fingerprint density at radius 1 is 0.587 bits per heavy atom. The normalized spacial score (nSPS) is 18.2. The maximum absolute atomic E-state index is 13.3. The van der Waals surface area contributed by atoms with Gasteiger partial charge in [0, 0.05) is 13.2 Å². The molecule has 4 aliphatic rings. The summed E-state index contributed by atoms with van der Waals surface area (Å²) in [7, 11) is -5.37. The zero-order valence-corrected chi connectivity index (χ0v) is 43.3. The molecule has 0 radical (unpaired) electrons. The molecule has 2 aliphatic heterocycles. The number of carboxylic acids is 1. The molecule has 24 heteroatoms. The van der Waals surface area contributed by atoms with Crippen molar-refractivity contribution in [3.05, 3.63) is 132 Å². The van der Waals surface area contributed by atoms with Gasteiger partial charge in [-0.15, -0.1) is 0 Å². The first-order valence-corrected chi connectivity index (χ1v) is 28.4. The third kappa shape index (κ3) is 13.6. The summed E-state index contributed by atoms with van der Waals surface area (Å²) < 4.78 is 89.3. The van der Waals surface area contributed by atoms with Gasteiger partial charge in [0.05, 0.1) is 76.3 Å². The van der Waals surface area contributed by atoms with Gasteiger partial charge in [0.15, 0.2) is 42.1 Å². The van der Waals surface area contributed by atoms with Crippen molar-refractivity contribution in [3.8, 4) is 21.6 Å². The number of sulfone groups is 2. The molecule has 2 aliphatic carbocycles. The fraction of sp³-hybridized carbons (Fsp3) is 0.333. The number of nitrogens with zero attached hydrogens (tertiary/aromatic N) is 2. The van der Waals surface area contributed by atoms with Gasteiger partial charge in [-0.25, -0.2) is 36.4 Å². The summed E-state index contributed by atoms with van der Waals surface area (Å²) in [5, 5.41) is 15.3. The second-order valence-electron chi connectivity index (χ2n) is 17.6. The van der Waals surface area contributed by atoms with Gasteiger partial charge >= 0.3 is 11.9 Å². The summed E-state index contributed by atoms with van der Waals surface area (Å²) in [6.45, 7) is 1.83. The fourth-order valence-corrected chi connectivity index (χ4v) is 12.5. The van der Waals surface area contributed by atoms with Crippen molar-refractivity contribution in [3.63, 3.8) is 0 Å². The summed E-state index contributed by atoms with van der Waals surface area (Å²) in [5.41, 5.74) is 1.59. The zero-order valence-electron chi connectivity index (χ0n) is 40.0. The molecule has 10 rings (SSSR count). The summed E-state index contributed by atoms with van der Waals surface area (Å²) in [6, 6.07) is 24.9. The molecule has 4 aromatic carbocycles. The van der Waals surface area contributed by atoms with Gasteiger partial charge in [0.1, 0.15) is 11.5 Å². The first kappa shape index (κ1) is 53.2. The number of carboxylic acid groups (broad SMARTS) is 1. The molecule has 2 saturated heterocycles. The number of anilines is 2. The lowest BCUT2D eigenvalue weighted by atomic mass is 10.1. The van der Waals surface area contributed by atoms with Crippen LogP contribution < -0.4 is 20.1 Å². The first-order chi connectivity index (χ1) is 36.1. The highest BCUT2D eigenvalue weighted by atomic mass is 32.2. The molecule has 6 aromatic rings. The minimum atomic E-state index is -3.34. The Kier molecular flexibility index (Phi) is 16.7. The van der Waals surface area contributed by atoms with Gasteiger partial charge in [-0.2, -0.15) is 0 Å². The monoisotopic (exact) mass is 1100 g/mol. The third-order valence-electron chi connectivity index (χ3n) is 12.1. The maximum atomic E-state index is 13.3. The molecule has 4 heterocycles. The average molecular weight is 1100 g/mol. The van der Waals surface area contributed by atoms with E-state index in [-0.39, 0.29) is 43.2 Å². The number of amides is 2. The molecule has 3 N–H and O–H groups in total. The number of hydrogen-bond acceptors (Lipinski definition) is 19. The van der Waals surface area contributed by atoms with Crippen molar-refractivity contribution in [2.45, 2.75) is 83.2 Å². The highest BCUT2D eigenvalue weighted by molar-refractivity contribution is 7.92. The lowest BCUT2D eigenvalue weighted by Crippen LogP contribution is -2.28. The summed E-state index contributed by atoms with van der Waals surface area (Å²) in [4.78, 5) is 58.0. The number of aromatic carboxylic acids is 1. The van der Waals surface area contributed by atoms with Crippen LogP contribution in [-0.2, 0) is 52.9 Å². The second kappa shape index (κ2) is 23.5. The second-order valence-corrected chi connectivity index (χ2v) is 24.1. The van der Waals surface area contributed by atoms with Gasteiger partial charge in [0.2, 0.25) is 10.1 Å². The molecule has 2 amide bonds. The van der Waals surface area contributed by atoms with Gasteiger partial charge < -0.3 is 38.3 Å². The Hall–Kier alpha value is -6.64. The number of esters is 1. The fourth-order valence-electron chi connectivity index (χ4n) is 7.76. The molecule has 394 valence electrons. The number of aromatic nitrogens is 2. The number of methoxy groups -OCH3 is 1. The van der Waals surface area contributed by atoms with E-state index in [0.717, 1.165) is 22.7 Å². The number of rotatable bonds is 20. The molecule has 75 heavy (non-hydrogen) atoms. The highest BCUT2D eigenvalue weighted by Gasteiger charge is 2.38. The highest BCUT2D eigenvalue weighted by Crippen LogP contribution is 2.38. The number of nitrogens with one attached hydrogen (secondary N) is 2. The summed E-state index contributed by atoms with van der Waals surface area (Å²) in [5.74, 6) is -1.47. The van der Waals surface area contributed by atoms with Crippen LogP contribution in [-0.4, -0.2) is 112 Å². The maximum Gasteiger partial charge on any atom is 0.337 e. The van der Waals surface area contributed by atoms with Crippen molar-refractivity contribution < 1.29 is 74.3 Å². The van der Waals surface area contributed by atoms with Crippen molar-refractivity contribution in [1.29, 1.82) is 0 Å². The Balaban J connectivity index is 0.000000184. The summed E-state index contributed by atoms with van der Waals surface area (Å²) in [6.07, 6.45) is 4.42. The van der Waals surface area contributed by atoms with Crippen LogP contribution in [0.3, 0.4) is 0 Å². The van der Waals surface area contributed by atoms with E-state index >= 15 is 0 Å². The minimum Gasteiger partial charge on any atom is -0.478 e. The van der Waals surface area contributed by atoms with Crippen molar-refractivity contribution in [2.75, 3.05) is 44.2 Å². The lowest BCUT2D eigenvalue weighted by molar-refractivity contribution is -0.132. The summed E-state index contributed by atoms with van der Waals surface area (Å²) >= 11 is 2.22. The van der Waals surface area contributed by atoms with Gasteiger partial charge in [-0.3, -0.25) is 20.2 Å². The van der Waals surface area contributed by atoms with Crippen LogP contribution in [0.2, 0.25) is 0 Å². The number of hydrogen-bond donors (Lipinski definition) is 3. The SMILES string of the molecule is COC(=O)c1ccc(Oc2cnc(NC(=O)C(O[C@@H]3CCOC3)c3ccc(S(=O)(=O)C4CC4)cc3)s2)cc1.O=C(O)c1ccc(Oc2cnc(NC(=O)C(O[C@@H]3CCOC3)c3ccc(S(=O)(=O)C4CC4)cc3)s2)cc1. The van der Waals surface area contributed by atoms with E-state index in [9.17, 15) is 36.0 Å². The van der Waals surface area contributed by atoms with E-state index in [1.165, 1.54) is 68.0 Å². The van der Waals surface area contributed by atoms with Crippen LogP contribution in [0.15, 0.2) is 119 Å². The van der Waals surface area contributed by atoms with Crippen LogP contribution in [0, 0.1) is 0 Å². The van der Waals surface area contributed by atoms with Crippen LogP contribution >= 0.6 is 22.7 Å². The lowest BCUT2D eigenvalue weighted by Gasteiger charge is -2.21. The number of carbonyl (C=O) groups excluding carboxylic acids is 3. The molecule has 4 fully saturated rings. The number of carbonyl (C=O) groups is 4. The molecular formula is C51H50N4O16S4. The predicted molar refractivity (Wildman–Crippen MR) is 272 cm³/mol. The van der Waals surface area contributed by atoms with Gasteiger partial charge in [-0.1, -0.05) is 46.9 Å². The largest absolute Gasteiger partial charge is 0.478 e. The molecule has 2 saturated carbocycles. The molecular weight excluding hydrogens is 1050 g/mol. The Labute approximate surface area is 439 Å². The van der Waals surface area contributed by atoms with Crippen LogP contribution in [0.25, 0.3) is 0 Å². The predicted octanol–water partition coefficient (Wildman–Crippen LogP) is 8.20. The average Bonchev–Trinajstić information content (AvgIpc) is 4.23. The molecule has 2 unspecified atom stereocenters. The smallest absolute Gasteiger partial charge is 0.337 e. The van der Waals surface area contributed by atoms with E-state index in [4.69, 9.17) is 33.5 Å². The van der Waals surface area contributed by atoms with Crippen LogP contribution in [0.1, 0.15) is 82.6 Å². The first-order valence-electron chi connectivity index (χ1n) is 23.7. The quantitative estimate of drug-likeness (QED) is 0.0608. The number of benzene rings is 4. The molecule has 20 nitrogen and oxygen atoms in total. The third-order valence-corrected chi connectivity index (χ3v) is 18.2. The Morgan fingerprint density at radius 2 is 0.987 bits per heavy atom. The van der Waals surface area contributed by atoms with Crippen molar-refractivity contribution in [1.82, 2.24) is 9.97 Å². The van der Waals surface area contributed by atoms with E-state index < -0.39 is 55.6 Å².